The van der Waals surface area contributed by atoms with Crippen LogP contribution in [0.3, 0.4) is 0 Å². The molecule has 1 aliphatic rings. The number of aromatic hydroxyl groups is 2. The molecule has 0 amide bonds. The molecular formula is C8H12N2O3S. The van der Waals surface area contributed by atoms with Crippen LogP contribution in [0.1, 0.15) is 0 Å². The highest BCUT2D eigenvalue weighted by molar-refractivity contribution is 7.95. The van der Waals surface area contributed by atoms with Crippen LogP contribution in [-0.2, 0) is 4.74 Å². The summed E-state index contributed by atoms with van der Waals surface area (Å²) in [6.45, 7) is 2.97. The highest BCUT2D eigenvalue weighted by atomic mass is 32.2. The summed E-state index contributed by atoms with van der Waals surface area (Å²) >= 11 is 1.29. The van der Waals surface area contributed by atoms with E-state index in [4.69, 9.17) is 4.74 Å². The first kappa shape index (κ1) is 9.70. The molecule has 0 aromatic carbocycles. The fourth-order valence-corrected chi connectivity index (χ4v) is 2.06. The molecule has 1 aromatic heterocycles. The Bertz CT molecular complexity index is 290. The molecule has 0 spiro atoms. The molecule has 0 aliphatic carbocycles. The van der Waals surface area contributed by atoms with Gasteiger partial charge in [0.05, 0.1) is 25.3 Å². The molecule has 6 heteroatoms. The first-order chi connectivity index (χ1) is 6.77. The summed E-state index contributed by atoms with van der Waals surface area (Å²) in [6.07, 6.45) is 0. The Morgan fingerprint density at radius 2 is 1.71 bits per heavy atom. The normalized spacial score (nSPS) is 18.6. The molecule has 0 unspecified atom stereocenters. The van der Waals surface area contributed by atoms with Crippen molar-refractivity contribution >= 4 is 12.1 Å². The van der Waals surface area contributed by atoms with Gasteiger partial charge in [0.15, 0.2) is 0 Å². The Labute approximate surface area is 86.2 Å². The summed E-state index contributed by atoms with van der Waals surface area (Å²) in [5, 5.41) is 18.8. The molecule has 0 saturated carbocycles. The van der Waals surface area contributed by atoms with Crippen LogP contribution in [0.25, 0.3) is 0 Å². The van der Waals surface area contributed by atoms with Crippen LogP contribution in [-0.4, -0.2) is 44.8 Å². The van der Waals surface area contributed by atoms with Crippen molar-refractivity contribution < 1.29 is 14.9 Å². The Balaban J connectivity index is 2.02. The van der Waals surface area contributed by atoms with Crippen molar-refractivity contribution in [1.29, 1.82) is 0 Å². The van der Waals surface area contributed by atoms with Crippen molar-refractivity contribution in [1.82, 2.24) is 8.28 Å². The van der Waals surface area contributed by atoms with Crippen molar-refractivity contribution in [3.05, 3.63) is 12.1 Å². The van der Waals surface area contributed by atoms with E-state index in [9.17, 15) is 10.2 Å². The van der Waals surface area contributed by atoms with Crippen LogP contribution in [0.4, 0.5) is 0 Å². The summed E-state index contributed by atoms with van der Waals surface area (Å²) in [7, 11) is 0. The number of nitrogens with zero attached hydrogens (tertiary/aromatic N) is 2. The predicted molar refractivity (Wildman–Crippen MR) is 53.1 cm³/mol. The van der Waals surface area contributed by atoms with E-state index in [0.29, 0.717) is 13.2 Å². The zero-order chi connectivity index (χ0) is 9.97. The molecule has 1 saturated heterocycles. The summed E-state index contributed by atoms with van der Waals surface area (Å²) in [6, 6.07) is 2.92. The first-order valence-electron chi connectivity index (χ1n) is 4.38. The minimum absolute atomic E-state index is 0.0546. The average Bonchev–Trinajstić information content (AvgIpc) is 2.51. The zero-order valence-corrected chi connectivity index (χ0v) is 8.40. The molecule has 0 atom stereocenters. The molecule has 0 bridgehead atoms. The van der Waals surface area contributed by atoms with Gasteiger partial charge in [0.1, 0.15) is 0 Å². The summed E-state index contributed by atoms with van der Waals surface area (Å²) in [5.74, 6) is 0.109. The third kappa shape index (κ3) is 1.97. The molecule has 2 heterocycles. The van der Waals surface area contributed by atoms with Gasteiger partial charge in [-0.3, -0.25) is 0 Å². The van der Waals surface area contributed by atoms with E-state index < -0.39 is 0 Å². The second-order valence-electron chi connectivity index (χ2n) is 2.97. The van der Waals surface area contributed by atoms with E-state index in [-0.39, 0.29) is 11.8 Å². The van der Waals surface area contributed by atoms with Gasteiger partial charge in [-0.2, -0.15) is 0 Å². The number of rotatable bonds is 2. The highest BCUT2D eigenvalue weighted by Crippen LogP contribution is 2.29. The lowest BCUT2D eigenvalue weighted by atomic mass is 10.5. The maximum atomic E-state index is 9.39. The van der Waals surface area contributed by atoms with Crippen LogP contribution < -0.4 is 0 Å². The van der Waals surface area contributed by atoms with Gasteiger partial charge in [0.25, 0.3) is 0 Å². The Hall–Kier alpha value is -0.850. The van der Waals surface area contributed by atoms with Gasteiger partial charge in [-0.25, -0.2) is 8.28 Å². The van der Waals surface area contributed by atoms with Gasteiger partial charge in [-0.1, -0.05) is 0 Å². The fourth-order valence-electron chi connectivity index (χ4n) is 1.23. The monoisotopic (exact) mass is 216 g/mol. The molecule has 5 nitrogen and oxygen atoms in total. The maximum absolute atomic E-state index is 9.39. The van der Waals surface area contributed by atoms with Gasteiger partial charge < -0.3 is 14.9 Å². The van der Waals surface area contributed by atoms with Gasteiger partial charge >= 0.3 is 0 Å². The van der Waals surface area contributed by atoms with Gasteiger partial charge in [0.2, 0.25) is 11.8 Å². The van der Waals surface area contributed by atoms with Crippen LogP contribution in [0.15, 0.2) is 12.1 Å². The van der Waals surface area contributed by atoms with Crippen molar-refractivity contribution in [3.63, 3.8) is 0 Å². The Morgan fingerprint density at radius 3 is 2.29 bits per heavy atom. The van der Waals surface area contributed by atoms with Crippen LogP contribution in [0.2, 0.25) is 0 Å². The second kappa shape index (κ2) is 4.12. The standard InChI is InChI=1S/C8H12N2O3S/c11-7-1-2-8(12)10(7)14-9-3-5-13-6-4-9/h1-2,11-12H,3-6H2. The number of ether oxygens (including phenoxy) is 1. The van der Waals surface area contributed by atoms with Crippen molar-refractivity contribution in [2.45, 2.75) is 0 Å². The van der Waals surface area contributed by atoms with Crippen molar-refractivity contribution in [2.24, 2.45) is 0 Å². The molecule has 78 valence electrons. The van der Waals surface area contributed by atoms with Gasteiger partial charge in [-0.05, 0) is 0 Å². The predicted octanol–water partition coefficient (Wildman–Crippen LogP) is 0.643. The van der Waals surface area contributed by atoms with E-state index in [1.54, 1.807) is 0 Å². The van der Waals surface area contributed by atoms with Crippen molar-refractivity contribution in [3.8, 4) is 11.8 Å². The zero-order valence-electron chi connectivity index (χ0n) is 7.59. The molecule has 0 radical (unpaired) electrons. The van der Waals surface area contributed by atoms with Crippen LogP contribution >= 0.6 is 12.1 Å². The van der Waals surface area contributed by atoms with Gasteiger partial charge in [0, 0.05) is 25.2 Å². The molecule has 14 heavy (non-hydrogen) atoms. The Morgan fingerprint density at radius 1 is 1.14 bits per heavy atom. The molecule has 1 aromatic rings. The molecular weight excluding hydrogens is 204 g/mol. The number of morpholine rings is 1. The third-order valence-corrected chi connectivity index (χ3v) is 3.10. The SMILES string of the molecule is Oc1ccc(O)n1SN1CCOCC1. The molecule has 2 N–H and O–H groups in total. The smallest absolute Gasteiger partial charge is 0.205 e. The third-order valence-electron chi connectivity index (χ3n) is 1.96. The maximum Gasteiger partial charge on any atom is 0.205 e. The lowest BCUT2D eigenvalue weighted by molar-refractivity contribution is 0.0769. The number of hydrogen-bond donors (Lipinski definition) is 2. The lowest BCUT2D eigenvalue weighted by Gasteiger charge is -2.25. The van der Waals surface area contributed by atoms with E-state index >= 15 is 0 Å². The Kier molecular flexibility index (Phi) is 2.85. The van der Waals surface area contributed by atoms with Crippen molar-refractivity contribution in [2.75, 3.05) is 26.3 Å². The fraction of sp³-hybridized carbons (Fsp3) is 0.500. The van der Waals surface area contributed by atoms with E-state index in [2.05, 4.69) is 0 Å². The first-order valence-corrected chi connectivity index (χ1v) is 5.11. The molecule has 1 aliphatic heterocycles. The average molecular weight is 216 g/mol. The van der Waals surface area contributed by atoms with Crippen LogP contribution in [0, 0.1) is 0 Å². The highest BCUT2D eigenvalue weighted by Gasteiger charge is 2.15. The quantitative estimate of drug-likeness (QED) is 0.711. The lowest BCUT2D eigenvalue weighted by Crippen LogP contribution is -2.31. The summed E-state index contributed by atoms with van der Waals surface area (Å²) in [5.41, 5.74) is 0. The van der Waals surface area contributed by atoms with Crippen LogP contribution in [0.5, 0.6) is 11.8 Å². The minimum atomic E-state index is 0.0546. The van der Waals surface area contributed by atoms with E-state index in [1.165, 1.54) is 28.2 Å². The molecule has 1 fully saturated rings. The molecule has 2 rings (SSSR count). The summed E-state index contributed by atoms with van der Waals surface area (Å²) in [4.78, 5) is 0. The van der Waals surface area contributed by atoms with E-state index in [0.717, 1.165) is 13.1 Å². The largest absolute Gasteiger partial charge is 0.494 e. The topological polar surface area (TPSA) is 57.9 Å². The van der Waals surface area contributed by atoms with Gasteiger partial charge in [-0.15, -0.1) is 0 Å². The summed E-state index contributed by atoms with van der Waals surface area (Å²) < 4.78 is 8.60. The number of hydrogen-bond acceptors (Lipinski definition) is 5. The second-order valence-corrected chi connectivity index (χ2v) is 4.01. The number of aromatic nitrogens is 1. The minimum Gasteiger partial charge on any atom is -0.494 e. The van der Waals surface area contributed by atoms with E-state index in [1.807, 2.05) is 4.31 Å².